The monoisotopic (exact) mass is 306 g/mol. The average molecular weight is 306 g/mol. The van der Waals surface area contributed by atoms with Gasteiger partial charge in [0.1, 0.15) is 5.01 Å². The minimum absolute atomic E-state index is 0.0220. The molecule has 4 nitrogen and oxygen atoms in total. The summed E-state index contributed by atoms with van der Waals surface area (Å²) >= 11 is 1.68. The van der Waals surface area contributed by atoms with E-state index in [1.807, 2.05) is 38.4 Å². The van der Waals surface area contributed by atoms with E-state index in [0.29, 0.717) is 6.54 Å². The Labute approximate surface area is 129 Å². The molecule has 2 aromatic rings. The van der Waals surface area contributed by atoms with Crippen LogP contribution in [-0.4, -0.2) is 46.9 Å². The van der Waals surface area contributed by atoms with Crippen molar-refractivity contribution >= 4 is 11.3 Å². The lowest BCUT2D eigenvalue weighted by Gasteiger charge is -2.29. The van der Waals surface area contributed by atoms with Crippen LogP contribution >= 0.6 is 11.3 Å². The smallest absolute Gasteiger partial charge is 0.123 e. The van der Waals surface area contributed by atoms with Crippen molar-refractivity contribution in [2.24, 2.45) is 5.41 Å². The molecule has 0 fully saturated rings. The number of aromatic nitrogens is 1. The third-order valence-electron chi connectivity index (χ3n) is 3.42. The fourth-order valence-electron chi connectivity index (χ4n) is 2.22. The SMILES string of the molecule is CN(Cc1cnc(-c2ccccc2)s1)CC(C)(CO)CO. The summed E-state index contributed by atoms with van der Waals surface area (Å²) in [5, 5.41) is 19.7. The molecule has 1 aromatic heterocycles. The van der Waals surface area contributed by atoms with E-state index in [1.165, 1.54) is 4.88 Å². The number of hydrogen-bond acceptors (Lipinski definition) is 5. The second kappa shape index (κ2) is 7.13. The van der Waals surface area contributed by atoms with Crippen molar-refractivity contribution in [3.8, 4) is 10.6 Å². The standard InChI is InChI=1S/C16H22N2O2S/c1-16(11-19,12-20)10-18(2)9-14-8-17-15(21-14)13-6-4-3-5-7-13/h3-8,19-20H,9-12H2,1-2H3. The van der Waals surface area contributed by atoms with Crippen LogP contribution in [-0.2, 0) is 6.54 Å². The molecule has 5 heteroatoms. The molecule has 0 saturated carbocycles. The molecule has 0 aliphatic heterocycles. The first-order chi connectivity index (χ1) is 10.1. The second-order valence-electron chi connectivity index (χ2n) is 5.80. The van der Waals surface area contributed by atoms with Gasteiger partial charge in [0, 0.05) is 35.1 Å². The largest absolute Gasteiger partial charge is 0.396 e. The van der Waals surface area contributed by atoms with Gasteiger partial charge in [0.15, 0.2) is 0 Å². The molecule has 2 N–H and O–H groups in total. The third kappa shape index (κ3) is 4.35. The minimum atomic E-state index is -0.471. The lowest BCUT2D eigenvalue weighted by atomic mass is 9.92. The maximum Gasteiger partial charge on any atom is 0.123 e. The lowest BCUT2D eigenvalue weighted by Crippen LogP contribution is -2.38. The molecule has 0 saturated heterocycles. The van der Waals surface area contributed by atoms with Crippen molar-refractivity contribution in [3.05, 3.63) is 41.4 Å². The first-order valence-corrected chi connectivity index (χ1v) is 7.78. The van der Waals surface area contributed by atoms with Crippen LogP contribution < -0.4 is 0 Å². The van der Waals surface area contributed by atoms with E-state index < -0.39 is 5.41 Å². The first kappa shape index (κ1) is 16.1. The van der Waals surface area contributed by atoms with Crippen molar-refractivity contribution in [1.29, 1.82) is 0 Å². The normalized spacial score (nSPS) is 12.0. The Balaban J connectivity index is 1.99. The van der Waals surface area contributed by atoms with Gasteiger partial charge in [-0.2, -0.15) is 0 Å². The van der Waals surface area contributed by atoms with E-state index in [-0.39, 0.29) is 13.2 Å². The molecule has 0 unspecified atom stereocenters. The van der Waals surface area contributed by atoms with Crippen LogP contribution in [0.25, 0.3) is 10.6 Å². The van der Waals surface area contributed by atoms with Gasteiger partial charge in [0.25, 0.3) is 0 Å². The summed E-state index contributed by atoms with van der Waals surface area (Å²) in [6, 6.07) is 10.1. The average Bonchev–Trinajstić information content (AvgIpc) is 2.96. The lowest BCUT2D eigenvalue weighted by molar-refractivity contribution is 0.0404. The van der Waals surface area contributed by atoms with Crippen LogP contribution in [0.15, 0.2) is 36.5 Å². The summed E-state index contributed by atoms with van der Waals surface area (Å²) in [5.74, 6) is 0. The third-order valence-corrected chi connectivity index (χ3v) is 4.45. The molecule has 0 amide bonds. The van der Waals surface area contributed by atoms with Gasteiger partial charge in [-0.25, -0.2) is 4.98 Å². The number of nitrogens with zero attached hydrogens (tertiary/aromatic N) is 2. The highest BCUT2D eigenvalue weighted by atomic mass is 32.1. The highest BCUT2D eigenvalue weighted by molar-refractivity contribution is 7.15. The predicted octanol–water partition coefficient (Wildman–Crippen LogP) is 2.23. The number of benzene rings is 1. The molecule has 2 rings (SSSR count). The molecule has 0 bridgehead atoms. The first-order valence-electron chi connectivity index (χ1n) is 6.97. The van der Waals surface area contributed by atoms with Crippen molar-refractivity contribution in [3.63, 3.8) is 0 Å². The number of rotatable bonds is 7. The molecule has 21 heavy (non-hydrogen) atoms. The van der Waals surface area contributed by atoms with E-state index >= 15 is 0 Å². The highest BCUT2D eigenvalue weighted by Gasteiger charge is 2.24. The molecule has 1 heterocycles. The van der Waals surface area contributed by atoms with Crippen LogP contribution in [0.3, 0.4) is 0 Å². The number of hydrogen-bond donors (Lipinski definition) is 2. The number of aliphatic hydroxyl groups excluding tert-OH is 2. The highest BCUT2D eigenvalue weighted by Crippen LogP contribution is 2.26. The van der Waals surface area contributed by atoms with Gasteiger partial charge in [-0.15, -0.1) is 11.3 Å². The van der Waals surface area contributed by atoms with Crippen molar-refractivity contribution in [1.82, 2.24) is 9.88 Å². The molecular formula is C16H22N2O2S. The molecule has 1 aromatic carbocycles. The molecular weight excluding hydrogens is 284 g/mol. The Hall–Kier alpha value is -1.27. The van der Waals surface area contributed by atoms with Crippen LogP contribution in [0.5, 0.6) is 0 Å². The van der Waals surface area contributed by atoms with Crippen molar-refractivity contribution in [2.75, 3.05) is 26.8 Å². The zero-order valence-corrected chi connectivity index (χ0v) is 13.3. The molecule has 0 radical (unpaired) electrons. The summed E-state index contributed by atoms with van der Waals surface area (Å²) in [6.07, 6.45) is 1.90. The van der Waals surface area contributed by atoms with Crippen LogP contribution in [0.1, 0.15) is 11.8 Å². The maximum atomic E-state index is 9.36. The summed E-state index contributed by atoms with van der Waals surface area (Å²) < 4.78 is 0. The van der Waals surface area contributed by atoms with Gasteiger partial charge >= 0.3 is 0 Å². The molecule has 114 valence electrons. The maximum absolute atomic E-state index is 9.36. The summed E-state index contributed by atoms with van der Waals surface area (Å²) in [5.41, 5.74) is 0.661. The van der Waals surface area contributed by atoms with Crippen LogP contribution in [0, 0.1) is 5.41 Å². The fourth-order valence-corrected chi connectivity index (χ4v) is 3.22. The van der Waals surface area contributed by atoms with E-state index in [2.05, 4.69) is 22.0 Å². The molecule has 0 spiro atoms. The summed E-state index contributed by atoms with van der Waals surface area (Å²) in [6.45, 7) is 3.24. The Morgan fingerprint density at radius 1 is 1.19 bits per heavy atom. The molecule has 0 aliphatic carbocycles. The Bertz CT molecular complexity index is 552. The van der Waals surface area contributed by atoms with E-state index in [9.17, 15) is 10.2 Å². The zero-order chi connectivity index (χ0) is 15.3. The van der Waals surface area contributed by atoms with Gasteiger partial charge in [-0.3, -0.25) is 0 Å². The second-order valence-corrected chi connectivity index (χ2v) is 6.91. The van der Waals surface area contributed by atoms with Gasteiger partial charge in [0.2, 0.25) is 0 Å². The van der Waals surface area contributed by atoms with Crippen molar-refractivity contribution < 1.29 is 10.2 Å². The van der Waals surface area contributed by atoms with Crippen molar-refractivity contribution in [2.45, 2.75) is 13.5 Å². The Morgan fingerprint density at radius 2 is 1.86 bits per heavy atom. The minimum Gasteiger partial charge on any atom is -0.396 e. The van der Waals surface area contributed by atoms with Gasteiger partial charge in [-0.05, 0) is 7.05 Å². The summed E-state index contributed by atoms with van der Waals surface area (Å²) in [4.78, 5) is 7.75. The number of aliphatic hydroxyl groups is 2. The van der Waals surface area contributed by atoms with E-state index in [0.717, 1.165) is 17.1 Å². The van der Waals surface area contributed by atoms with Crippen LogP contribution in [0.4, 0.5) is 0 Å². The quantitative estimate of drug-likeness (QED) is 0.823. The summed E-state index contributed by atoms with van der Waals surface area (Å²) in [7, 11) is 1.99. The zero-order valence-electron chi connectivity index (χ0n) is 12.5. The van der Waals surface area contributed by atoms with Gasteiger partial charge in [-0.1, -0.05) is 37.3 Å². The van der Waals surface area contributed by atoms with Gasteiger partial charge < -0.3 is 15.1 Å². The molecule has 0 aliphatic rings. The van der Waals surface area contributed by atoms with E-state index in [4.69, 9.17) is 0 Å². The fraction of sp³-hybridized carbons (Fsp3) is 0.438. The molecule has 0 atom stereocenters. The van der Waals surface area contributed by atoms with Crippen LogP contribution in [0.2, 0.25) is 0 Å². The number of thiazole rings is 1. The Kier molecular flexibility index (Phi) is 5.47. The Morgan fingerprint density at radius 3 is 2.48 bits per heavy atom. The predicted molar refractivity (Wildman–Crippen MR) is 86.2 cm³/mol. The van der Waals surface area contributed by atoms with E-state index in [1.54, 1.807) is 11.3 Å². The topological polar surface area (TPSA) is 56.6 Å². The van der Waals surface area contributed by atoms with Gasteiger partial charge in [0.05, 0.1) is 13.2 Å².